The number of benzene rings is 1. The molecule has 0 spiro atoms. The molecule has 3 aliphatic rings. The van der Waals surface area contributed by atoms with Crippen LogP contribution in [0.5, 0.6) is 0 Å². The van der Waals surface area contributed by atoms with Gasteiger partial charge in [0.2, 0.25) is 0 Å². The SMILES string of the molecule is CC(C)N1CCC(N(c2cnn(C)c2)S(=O)(=O)[N-]C(=O)Nc2c3c(cc4c2CCC4)CCC3)C1.[Na+]. The third-order valence-corrected chi connectivity index (χ3v) is 8.76. The van der Waals surface area contributed by atoms with Gasteiger partial charge in [0, 0.05) is 32.4 Å². The Balaban J connectivity index is 0.00000289. The Hall–Kier alpha value is -1.59. The molecule has 9 nitrogen and oxygen atoms in total. The van der Waals surface area contributed by atoms with Crippen molar-refractivity contribution in [2.24, 2.45) is 7.05 Å². The fourth-order valence-electron chi connectivity index (χ4n) is 5.73. The van der Waals surface area contributed by atoms with E-state index in [1.54, 1.807) is 17.9 Å². The van der Waals surface area contributed by atoms with Gasteiger partial charge in [0.15, 0.2) is 6.03 Å². The van der Waals surface area contributed by atoms with Crippen LogP contribution in [0.25, 0.3) is 4.72 Å². The topological polar surface area (TPSA) is 102 Å². The predicted molar refractivity (Wildman–Crippen MR) is 133 cm³/mol. The molecule has 1 unspecified atom stereocenters. The summed E-state index contributed by atoms with van der Waals surface area (Å²) in [7, 11) is -2.54. The van der Waals surface area contributed by atoms with Crippen molar-refractivity contribution >= 4 is 27.6 Å². The number of urea groups is 1. The Morgan fingerprint density at radius 3 is 2.37 bits per heavy atom. The van der Waals surface area contributed by atoms with Gasteiger partial charge in [-0.25, -0.2) is 8.42 Å². The smallest absolute Gasteiger partial charge is 0.423 e. The van der Waals surface area contributed by atoms with E-state index >= 15 is 0 Å². The van der Waals surface area contributed by atoms with Gasteiger partial charge in [0.1, 0.15) is 0 Å². The van der Waals surface area contributed by atoms with Crippen molar-refractivity contribution in [1.29, 1.82) is 0 Å². The summed E-state index contributed by atoms with van der Waals surface area (Å²) >= 11 is 0. The zero-order valence-electron chi connectivity index (χ0n) is 21.1. The number of likely N-dealkylation sites (tertiary alicyclic amines) is 1. The monoisotopic (exact) mass is 508 g/mol. The molecule has 0 saturated carbocycles. The van der Waals surface area contributed by atoms with E-state index in [1.165, 1.54) is 21.6 Å². The zero-order valence-corrected chi connectivity index (χ0v) is 23.9. The first-order chi connectivity index (χ1) is 16.2. The second kappa shape index (κ2) is 10.4. The molecule has 0 radical (unpaired) electrons. The Kier molecular flexibility index (Phi) is 7.88. The summed E-state index contributed by atoms with van der Waals surface area (Å²) < 4.78 is 33.6. The maximum absolute atomic E-state index is 13.5. The summed E-state index contributed by atoms with van der Waals surface area (Å²) in [5.74, 6) is 0. The maximum atomic E-state index is 13.5. The van der Waals surface area contributed by atoms with Crippen LogP contribution in [0.4, 0.5) is 16.2 Å². The normalized spacial score (nSPS) is 19.4. The van der Waals surface area contributed by atoms with E-state index in [0.717, 1.165) is 61.9 Å². The van der Waals surface area contributed by atoms with Crippen molar-refractivity contribution in [3.63, 3.8) is 0 Å². The molecule has 2 heterocycles. The molecule has 2 aliphatic carbocycles. The molecule has 35 heavy (non-hydrogen) atoms. The number of hydrogen-bond donors (Lipinski definition) is 1. The molecule has 1 fully saturated rings. The molecule has 1 saturated heterocycles. The fraction of sp³-hybridized carbons (Fsp3) is 0.583. The van der Waals surface area contributed by atoms with Gasteiger partial charge in [-0.2, -0.15) is 5.10 Å². The van der Waals surface area contributed by atoms with Gasteiger partial charge < -0.3 is 10.0 Å². The number of rotatable bonds is 6. The average molecular weight is 509 g/mol. The molecule has 5 rings (SSSR count). The Morgan fingerprint density at radius 2 is 1.83 bits per heavy atom. The number of aromatic nitrogens is 2. The van der Waals surface area contributed by atoms with E-state index in [1.807, 2.05) is 0 Å². The standard InChI is InChI=1S/C24H34N6O3S.Na/c1-16(2)29-11-10-19(15-29)30(20-13-25-28(3)14-20)34(32,33)27-24(31)26-23-21-8-4-6-17(21)12-18-7-5-9-22(18)23;/h12-14,16,19H,4-11,15H2,1-3H3,(H2,26,27,31);/q;+1/p-1. The zero-order chi connectivity index (χ0) is 24.0. The summed E-state index contributed by atoms with van der Waals surface area (Å²) in [4.78, 5) is 15.3. The molecule has 11 heteroatoms. The van der Waals surface area contributed by atoms with E-state index < -0.39 is 16.2 Å². The number of nitrogens with one attached hydrogen (secondary N) is 1. The van der Waals surface area contributed by atoms with Gasteiger partial charge in [-0.1, -0.05) is 6.07 Å². The second-order valence-electron chi connectivity index (χ2n) is 9.93. The number of carbonyl (C=O) groups is 1. The van der Waals surface area contributed by atoms with Crippen LogP contribution in [0.2, 0.25) is 0 Å². The van der Waals surface area contributed by atoms with Crippen LogP contribution in [-0.2, 0) is 42.9 Å². The summed E-state index contributed by atoms with van der Waals surface area (Å²) in [6.07, 6.45) is 9.76. The van der Waals surface area contributed by atoms with Crippen molar-refractivity contribution in [1.82, 2.24) is 14.7 Å². The van der Waals surface area contributed by atoms with Crippen molar-refractivity contribution in [2.75, 3.05) is 22.7 Å². The van der Waals surface area contributed by atoms with Gasteiger partial charge >= 0.3 is 29.6 Å². The van der Waals surface area contributed by atoms with Crippen LogP contribution in [-0.4, -0.2) is 54.3 Å². The van der Waals surface area contributed by atoms with Crippen molar-refractivity contribution in [2.45, 2.75) is 70.9 Å². The largest absolute Gasteiger partial charge is 1.00 e. The summed E-state index contributed by atoms with van der Waals surface area (Å²) in [6.45, 7) is 5.57. The van der Waals surface area contributed by atoms with Gasteiger partial charge in [-0.3, -0.25) is 18.7 Å². The number of amides is 2. The third kappa shape index (κ3) is 5.27. The van der Waals surface area contributed by atoms with Crippen LogP contribution in [0.1, 0.15) is 55.4 Å². The number of fused-ring (bicyclic) bond motifs is 2. The number of carbonyl (C=O) groups excluding carboxylic acids is 1. The molecule has 184 valence electrons. The molecule has 1 N–H and O–H groups in total. The van der Waals surface area contributed by atoms with E-state index in [2.05, 4.69) is 40.0 Å². The number of aryl methyl sites for hydroxylation is 3. The maximum Gasteiger partial charge on any atom is 1.00 e. The fourth-order valence-corrected chi connectivity index (χ4v) is 6.98. The molecule has 0 bridgehead atoms. The van der Waals surface area contributed by atoms with Crippen LogP contribution < -0.4 is 39.2 Å². The molecule has 1 aliphatic heterocycles. The minimum atomic E-state index is -4.28. The molecule has 2 aromatic rings. The average Bonchev–Trinajstić information content (AvgIpc) is 3.54. The van der Waals surface area contributed by atoms with Crippen molar-refractivity contribution in [3.8, 4) is 0 Å². The molecule has 1 atom stereocenters. The summed E-state index contributed by atoms with van der Waals surface area (Å²) in [5.41, 5.74) is 6.07. The molecular weight excluding hydrogens is 475 g/mol. The first-order valence-corrected chi connectivity index (χ1v) is 13.6. The van der Waals surface area contributed by atoms with E-state index in [-0.39, 0.29) is 35.6 Å². The molecule has 2 amide bonds. The van der Waals surface area contributed by atoms with Gasteiger partial charge in [0.25, 0.3) is 10.2 Å². The summed E-state index contributed by atoms with van der Waals surface area (Å²) in [6, 6.07) is 1.45. The van der Waals surface area contributed by atoms with E-state index in [0.29, 0.717) is 24.7 Å². The van der Waals surface area contributed by atoms with Gasteiger partial charge in [-0.05, 0) is 86.7 Å². The first kappa shape index (κ1) is 26.5. The molecule has 1 aromatic carbocycles. The van der Waals surface area contributed by atoms with Crippen LogP contribution in [0.15, 0.2) is 18.5 Å². The van der Waals surface area contributed by atoms with Crippen molar-refractivity contribution < 1.29 is 42.8 Å². The van der Waals surface area contributed by atoms with Gasteiger partial charge in [0.05, 0.1) is 17.9 Å². The van der Waals surface area contributed by atoms with Gasteiger partial charge in [-0.15, -0.1) is 0 Å². The number of hydrogen-bond acceptors (Lipinski definition) is 5. The van der Waals surface area contributed by atoms with Crippen LogP contribution in [0, 0.1) is 0 Å². The number of nitrogens with zero attached hydrogens (tertiary/aromatic N) is 5. The quantitative estimate of drug-likeness (QED) is 0.574. The Morgan fingerprint density at radius 1 is 1.17 bits per heavy atom. The summed E-state index contributed by atoms with van der Waals surface area (Å²) in [5, 5.41) is 7.04. The molecule has 1 aromatic heterocycles. The van der Waals surface area contributed by atoms with E-state index in [4.69, 9.17) is 0 Å². The number of anilines is 2. The van der Waals surface area contributed by atoms with E-state index in [9.17, 15) is 13.2 Å². The predicted octanol–water partition coefficient (Wildman–Crippen LogP) is 0.541. The Bertz CT molecular complexity index is 1180. The first-order valence-electron chi connectivity index (χ1n) is 12.2. The second-order valence-corrected chi connectivity index (χ2v) is 11.4. The minimum absolute atomic E-state index is 0. The van der Waals surface area contributed by atoms with Crippen LogP contribution >= 0.6 is 0 Å². The molecular formula is C24H33N6NaO3S. The Labute approximate surface area is 230 Å². The third-order valence-electron chi connectivity index (χ3n) is 7.35. The van der Waals surface area contributed by atoms with Crippen LogP contribution in [0.3, 0.4) is 0 Å². The van der Waals surface area contributed by atoms with Crippen molar-refractivity contribution in [3.05, 3.63) is 45.4 Å². The minimum Gasteiger partial charge on any atom is -0.423 e.